The maximum atomic E-state index is 13.7. The third-order valence-corrected chi connectivity index (χ3v) is 5.88. The molecule has 5 rings (SSSR count). The second-order valence-corrected chi connectivity index (χ2v) is 8.00. The van der Waals surface area contributed by atoms with E-state index >= 15 is 0 Å². The molecule has 35 heavy (non-hydrogen) atoms. The molecule has 4 heterocycles. The molecule has 3 aromatic rings. The molecule has 11 nitrogen and oxygen atoms in total. The highest BCUT2D eigenvalue weighted by Crippen LogP contribution is 2.30. The molecule has 2 fully saturated rings. The Hall–Kier alpha value is -4.12. The summed E-state index contributed by atoms with van der Waals surface area (Å²) in [5.41, 5.74) is 1.15. The highest BCUT2D eigenvalue weighted by molar-refractivity contribution is 5.96. The first-order valence-electron chi connectivity index (χ1n) is 11.2. The molecule has 0 atom stereocenters. The van der Waals surface area contributed by atoms with Crippen LogP contribution in [0.1, 0.15) is 16.1 Å². The van der Waals surface area contributed by atoms with E-state index in [1.807, 2.05) is 30.3 Å². The summed E-state index contributed by atoms with van der Waals surface area (Å²) >= 11 is 0. The Morgan fingerprint density at radius 1 is 1.09 bits per heavy atom. The van der Waals surface area contributed by atoms with Crippen molar-refractivity contribution in [1.82, 2.24) is 9.38 Å². The van der Waals surface area contributed by atoms with Crippen molar-refractivity contribution >= 4 is 29.1 Å². The fourth-order valence-electron chi connectivity index (χ4n) is 4.09. The lowest BCUT2D eigenvalue weighted by molar-refractivity contribution is 0.0588. The minimum atomic E-state index is -0.820. The van der Waals surface area contributed by atoms with Gasteiger partial charge in [-0.05, 0) is 11.6 Å². The second-order valence-electron chi connectivity index (χ2n) is 8.00. The fraction of sp³-hybridized carbons (Fsp3) is 0.333. The number of esters is 1. The van der Waals surface area contributed by atoms with Crippen LogP contribution in [0.15, 0.2) is 47.4 Å². The number of aromatic nitrogens is 2. The van der Waals surface area contributed by atoms with Gasteiger partial charge in [0.25, 0.3) is 0 Å². The average molecular weight is 480 g/mol. The highest BCUT2D eigenvalue weighted by Gasteiger charge is 2.30. The van der Waals surface area contributed by atoms with Crippen molar-refractivity contribution in [3.8, 4) is 5.75 Å². The van der Waals surface area contributed by atoms with Crippen LogP contribution in [0.2, 0.25) is 0 Å². The Labute approximate surface area is 200 Å². The molecule has 0 aliphatic carbocycles. The summed E-state index contributed by atoms with van der Waals surface area (Å²) in [6, 6.07) is 11.0. The zero-order chi connectivity index (χ0) is 24.4. The summed E-state index contributed by atoms with van der Waals surface area (Å²) in [6.07, 6.45) is 1.08. The Balaban J connectivity index is 1.69. The lowest BCUT2D eigenvalue weighted by atomic mass is 10.2. The number of nitrogens with zero attached hydrogens (tertiary/aromatic N) is 4. The zero-order valence-electron chi connectivity index (χ0n) is 19.1. The largest absolute Gasteiger partial charge is 0.481 e. The maximum Gasteiger partial charge on any atom is 0.414 e. The summed E-state index contributed by atoms with van der Waals surface area (Å²) in [6.45, 7) is 2.88. The van der Waals surface area contributed by atoms with Crippen LogP contribution in [0, 0.1) is 0 Å². The standard InChI is InChI=1S/C24H24N4O7/c1-32-23(30)19-20(35-15-16-5-3-2-4-6-16)22(29)28-14-17(26-7-10-33-11-8-26)13-18(21(28)25-19)27-9-12-34-24(27)31/h2-6,13-14H,7-12,15H2,1H3. The number of carbonyl (C=O) groups is 2. The first-order valence-corrected chi connectivity index (χ1v) is 11.2. The monoisotopic (exact) mass is 480 g/mol. The molecular weight excluding hydrogens is 456 g/mol. The molecule has 0 N–H and O–H groups in total. The molecule has 2 aliphatic heterocycles. The smallest absolute Gasteiger partial charge is 0.414 e. The van der Waals surface area contributed by atoms with Gasteiger partial charge in [0.05, 0.1) is 38.2 Å². The average Bonchev–Trinajstić information content (AvgIpc) is 3.33. The van der Waals surface area contributed by atoms with Gasteiger partial charge in [-0.2, -0.15) is 0 Å². The topological polar surface area (TPSA) is 112 Å². The normalized spacial score (nSPS) is 15.9. The first kappa shape index (κ1) is 22.7. The van der Waals surface area contributed by atoms with Crippen molar-refractivity contribution in [3.05, 3.63) is 64.2 Å². The number of amides is 1. The molecule has 1 amide bonds. The second kappa shape index (κ2) is 9.63. The molecule has 0 bridgehead atoms. The van der Waals surface area contributed by atoms with Gasteiger partial charge in [0.1, 0.15) is 13.2 Å². The Kier molecular flexibility index (Phi) is 6.23. The highest BCUT2D eigenvalue weighted by atomic mass is 16.6. The van der Waals surface area contributed by atoms with E-state index < -0.39 is 17.6 Å². The summed E-state index contributed by atoms with van der Waals surface area (Å²) in [7, 11) is 1.20. The van der Waals surface area contributed by atoms with Gasteiger partial charge in [-0.25, -0.2) is 14.6 Å². The number of hydrogen-bond acceptors (Lipinski definition) is 9. The van der Waals surface area contributed by atoms with Crippen LogP contribution in [-0.4, -0.2) is 68.0 Å². The molecule has 2 saturated heterocycles. The molecule has 182 valence electrons. The van der Waals surface area contributed by atoms with E-state index in [-0.39, 0.29) is 36.8 Å². The first-order chi connectivity index (χ1) is 17.1. The van der Waals surface area contributed by atoms with Crippen LogP contribution in [0.3, 0.4) is 0 Å². The van der Waals surface area contributed by atoms with Gasteiger partial charge in [-0.3, -0.25) is 14.1 Å². The maximum absolute atomic E-state index is 13.7. The van der Waals surface area contributed by atoms with Crippen molar-refractivity contribution in [2.75, 3.05) is 56.4 Å². The number of benzene rings is 1. The van der Waals surface area contributed by atoms with Crippen molar-refractivity contribution in [3.63, 3.8) is 0 Å². The van der Waals surface area contributed by atoms with Crippen LogP contribution in [-0.2, 0) is 20.8 Å². The molecule has 11 heteroatoms. The predicted molar refractivity (Wildman–Crippen MR) is 125 cm³/mol. The summed E-state index contributed by atoms with van der Waals surface area (Å²) < 4.78 is 22.6. The Morgan fingerprint density at radius 3 is 2.54 bits per heavy atom. The van der Waals surface area contributed by atoms with Gasteiger partial charge in [0.2, 0.25) is 5.75 Å². The molecule has 0 spiro atoms. The van der Waals surface area contributed by atoms with Crippen LogP contribution in [0.4, 0.5) is 16.2 Å². The minimum absolute atomic E-state index is 0.0578. The molecule has 2 aromatic heterocycles. The molecular formula is C24H24N4O7. The number of fused-ring (bicyclic) bond motifs is 1. The molecule has 0 radical (unpaired) electrons. The number of pyridine rings is 1. The Morgan fingerprint density at radius 2 is 1.86 bits per heavy atom. The zero-order valence-corrected chi connectivity index (χ0v) is 19.1. The van der Waals surface area contributed by atoms with Crippen LogP contribution in [0.25, 0.3) is 5.65 Å². The number of hydrogen-bond donors (Lipinski definition) is 0. The van der Waals surface area contributed by atoms with Gasteiger partial charge in [0, 0.05) is 19.3 Å². The minimum Gasteiger partial charge on any atom is -0.481 e. The van der Waals surface area contributed by atoms with Crippen LogP contribution < -0.4 is 20.1 Å². The summed E-state index contributed by atoms with van der Waals surface area (Å²) in [4.78, 5) is 46.6. The third-order valence-electron chi connectivity index (χ3n) is 5.88. The number of methoxy groups -OCH3 is 1. The summed E-state index contributed by atoms with van der Waals surface area (Å²) in [5, 5.41) is 0. The number of anilines is 2. The molecule has 0 unspecified atom stereocenters. The van der Waals surface area contributed by atoms with Crippen molar-refractivity contribution in [2.45, 2.75) is 6.61 Å². The lowest BCUT2D eigenvalue weighted by Crippen LogP contribution is -2.37. The van der Waals surface area contributed by atoms with Crippen molar-refractivity contribution in [2.24, 2.45) is 0 Å². The van der Waals surface area contributed by atoms with E-state index in [4.69, 9.17) is 18.9 Å². The van der Waals surface area contributed by atoms with Crippen LogP contribution in [0.5, 0.6) is 5.75 Å². The Bertz CT molecular complexity index is 1320. The van der Waals surface area contributed by atoms with Gasteiger partial charge in [-0.1, -0.05) is 30.3 Å². The number of carbonyl (C=O) groups excluding carboxylic acids is 2. The van der Waals surface area contributed by atoms with Gasteiger partial charge < -0.3 is 23.8 Å². The predicted octanol–water partition coefficient (Wildman–Crippen LogP) is 1.85. The van der Waals surface area contributed by atoms with Gasteiger partial charge in [0.15, 0.2) is 11.3 Å². The van der Waals surface area contributed by atoms with E-state index in [1.54, 1.807) is 12.3 Å². The number of rotatable bonds is 6. The van der Waals surface area contributed by atoms with Crippen LogP contribution >= 0.6 is 0 Å². The quantitative estimate of drug-likeness (QED) is 0.488. The molecule has 2 aliphatic rings. The number of cyclic esters (lactones) is 1. The number of ether oxygens (including phenoxy) is 4. The molecule has 0 saturated carbocycles. The van der Waals surface area contributed by atoms with Gasteiger partial charge in [-0.15, -0.1) is 0 Å². The van der Waals surface area contributed by atoms with E-state index in [1.165, 1.54) is 16.4 Å². The van der Waals surface area contributed by atoms with E-state index in [0.29, 0.717) is 37.7 Å². The summed E-state index contributed by atoms with van der Waals surface area (Å²) in [5.74, 6) is -1.05. The van der Waals surface area contributed by atoms with Crippen molar-refractivity contribution < 1.29 is 28.5 Å². The number of morpholine rings is 1. The van der Waals surface area contributed by atoms with E-state index in [2.05, 4.69) is 9.88 Å². The van der Waals surface area contributed by atoms with E-state index in [0.717, 1.165) is 5.56 Å². The van der Waals surface area contributed by atoms with E-state index in [9.17, 15) is 14.4 Å². The third kappa shape index (κ3) is 4.37. The van der Waals surface area contributed by atoms with Crippen molar-refractivity contribution in [1.29, 1.82) is 0 Å². The van der Waals surface area contributed by atoms with Gasteiger partial charge >= 0.3 is 17.6 Å². The fourth-order valence-corrected chi connectivity index (χ4v) is 4.09. The molecule has 1 aromatic carbocycles. The SMILES string of the molecule is COC(=O)c1nc2c(N3CCOC3=O)cc(N3CCOCC3)cn2c(=O)c1OCc1ccccc1. The lowest BCUT2D eigenvalue weighted by Gasteiger charge is -2.30.